The minimum Gasteiger partial charge on any atom is -0.385 e. The highest BCUT2D eigenvalue weighted by Gasteiger charge is 2.21. The lowest BCUT2D eigenvalue weighted by atomic mass is 10.1. The molecule has 0 bridgehead atoms. The Morgan fingerprint density at radius 3 is 2.77 bits per heavy atom. The Balaban J connectivity index is 1.93. The van der Waals surface area contributed by atoms with E-state index in [9.17, 15) is 0 Å². The second-order valence-corrected chi connectivity index (χ2v) is 4.17. The minimum atomic E-state index is 0.794. The summed E-state index contributed by atoms with van der Waals surface area (Å²) in [5, 5.41) is 3.63. The van der Waals surface area contributed by atoms with Crippen molar-refractivity contribution in [1.29, 1.82) is 0 Å². The van der Waals surface area contributed by atoms with Crippen LogP contribution < -0.4 is 5.32 Å². The van der Waals surface area contributed by atoms with Gasteiger partial charge in [0.1, 0.15) is 0 Å². The molecule has 0 radical (unpaired) electrons. The standard InChI is InChI=1S/C11H23NO/c1-10-6-5-7-11(10)12-8-3-4-9-13-2/h10-12H,3-9H2,1-2H3/t10-,11-/m1/s1. The zero-order chi connectivity index (χ0) is 9.52. The van der Waals surface area contributed by atoms with Crippen LogP contribution in [-0.2, 0) is 4.74 Å². The van der Waals surface area contributed by atoms with Crippen LogP contribution in [0.2, 0.25) is 0 Å². The summed E-state index contributed by atoms with van der Waals surface area (Å²) in [7, 11) is 1.77. The van der Waals surface area contributed by atoms with E-state index in [1.54, 1.807) is 7.11 Å². The first-order valence-corrected chi connectivity index (χ1v) is 5.57. The van der Waals surface area contributed by atoms with Crippen molar-refractivity contribution in [2.75, 3.05) is 20.3 Å². The van der Waals surface area contributed by atoms with Crippen LogP contribution in [0.3, 0.4) is 0 Å². The Bertz CT molecular complexity index is 127. The summed E-state index contributed by atoms with van der Waals surface area (Å²) in [5.41, 5.74) is 0. The van der Waals surface area contributed by atoms with Gasteiger partial charge < -0.3 is 10.1 Å². The molecule has 0 aromatic heterocycles. The normalized spacial score (nSPS) is 28.2. The van der Waals surface area contributed by atoms with Crippen LogP contribution in [0, 0.1) is 5.92 Å². The molecule has 1 N–H and O–H groups in total. The highest BCUT2D eigenvalue weighted by atomic mass is 16.5. The van der Waals surface area contributed by atoms with Gasteiger partial charge in [0.05, 0.1) is 0 Å². The van der Waals surface area contributed by atoms with Gasteiger partial charge in [-0.3, -0.25) is 0 Å². The highest BCUT2D eigenvalue weighted by molar-refractivity contribution is 4.79. The van der Waals surface area contributed by atoms with Crippen molar-refractivity contribution >= 4 is 0 Å². The summed E-state index contributed by atoms with van der Waals surface area (Å²) in [5.74, 6) is 0.891. The van der Waals surface area contributed by atoms with Gasteiger partial charge in [0, 0.05) is 19.8 Å². The molecule has 1 fully saturated rings. The molecule has 1 rings (SSSR count). The summed E-state index contributed by atoms with van der Waals surface area (Å²) in [6.45, 7) is 4.43. The first-order valence-electron chi connectivity index (χ1n) is 5.57. The number of ether oxygens (including phenoxy) is 1. The van der Waals surface area contributed by atoms with E-state index >= 15 is 0 Å². The summed E-state index contributed by atoms with van der Waals surface area (Å²) in [6.07, 6.45) is 6.64. The topological polar surface area (TPSA) is 21.3 Å². The van der Waals surface area contributed by atoms with Gasteiger partial charge in [-0.25, -0.2) is 0 Å². The van der Waals surface area contributed by atoms with Crippen LogP contribution in [0.15, 0.2) is 0 Å². The van der Waals surface area contributed by atoms with E-state index < -0.39 is 0 Å². The molecular formula is C11H23NO. The second kappa shape index (κ2) is 6.39. The van der Waals surface area contributed by atoms with Crippen LogP contribution >= 0.6 is 0 Å². The van der Waals surface area contributed by atoms with Gasteiger partial charge in [-0.2, -0.15) is 0 Å². The molecule has 2 heteroatoms. The minimum absolute atomic E-state index is 0.794. The van der Waals surface area contributed by atoms with Crippen molar-refractivity contribution < 1.29 is 4.74 Å². The third kappa shape index (κ3) is 4.10. The molecule has 2 atom stereocenters. The van der Waals surface area contributed by atoms with Gasteiger partial charge in [0.15, 0.2) is 0 Å². The maximum absolute atomic E-state index is 5.01. The van der Waals surface area contributed by atoms with Crippen LogP contribution in [0.25, 0.3) is 0 Å². The molecule has 78 valence electrons. The van der Waals surface area contributed by atoms with Gasteiger partial charge >= 0.3 is 0 Å². The SMILES string of the molecule is COCCCCN[C@@H]1CCC[C@H]1C. The van der Waals surface area contributed by atoms with Crippen LogP contribution in [-0.4, -0.2) is 26.3 Å². The largest absolute Gasteiger partial charge is 0.385 e. The van der Waals surface area contributed by atoms with Crippen molar-refractivity contribution in [3.8, 4) is 0 Å². The lowest BCUT2D eigenvalue weighted by Crippen LogP contribution is -2.31. The zero-order valence-electron chi connectivity index (χ0n) is 9.01. The molecule has 0 heterocycles. The first-order chi connectivity index (χ1) is 6.34. The molecular weight excluding hydrogens is 162 g/mol. The molecule has 1 saturated carbocycles. The quantitative estimate of drug-likeness (QED) is 0.640. The molecule has 1 aliphatic rings. The van der Waals surface area contributed by atoms with E-state index in [1.165, 1.54) is 38.6 Å². The molecule has 0 amide bonds. The molecule has 2 nitrogen and oxygen atoms in total. The van der Waals surface area contributed by atoms with E-state index in [-0.39, 0.29) is 0 Å². The maximum Gasteiger partial charge on any atom is 0.0462 e. The monoisotopic (exact) mass is 185 g/mol. The molecule has 0 unspecified atom stereocenters. The number of nitrogens with one attached hydrogen (secondary N) is 1. The fourth-order valence-electron chi connectivity index (χ4n) is 2.11. The molecule has 0 aliphatic heterocycles. The third-order valence-electron chi connectivity index (χ3n) is 3.04. The van der Waals surface area contributed by atoms with Crippen LogP contribution in [0.1, 0.15) is 39.0 Å². The molecule has 0 aromatic rings. The second-order valence-electron chi connectivity index (χ2n) is 4.17. The summed E-state index contributed by atoms with van der Waals surface area (Å²) < 4.78 is 5.01. The number of hydrogen-bond donors (Lipinski definition) is 1. The average Bonchev–Trinajstić information content (AvgIpc) is 2.52. The Hall–Kier alpha value is -0.0800. The lowest BCUT2D eigenvalue weighted by Gasteiger charge is -2.16. The van der Waals surface area contributed by atoms with E-state index in [2.05, 4.69) is 12.2 Å². The van der Waals surface area contributed by atoms with Gasteiger partial charge in [-0.1, -0.05) is 13.3 Å². The van der Waals surface area contributed by atoms with Gasteiger partial charge in [-0.05, 0) is 38.1 Å². The molecule has 0 spiro atoms. The summed E-state index contributed by atoms with van der Waals surface area (Å²) in [6, 6.07) is 0.794. The number of hydrogen-bond acceptors (Lipinski definition) is 2. The van der Waals surface area contributed by atoms with Crippen LogP contribution in [0.4, 0.5) is 0 Å². The molecule has 1 aliphatic carbocycles. The van der Waals surface area contributed by atoms with Gasteiger partial charge in [-0.15, -0.1) is 0 Å². The Labute approximate surface area is 82.0 Å². The summed E-state index contributed by atoms with van der Waals surface area (Å²) in [4.78, 5) is 0. The molecule has 0 aromatic carbocycles. The zero-order valence-corrected chi connectivity index (χ0v) is 9.01. The first kappa shape index (κ1) is 11.0. The van der Waals surface area contributed by atoms with E-state index in [4.69, 9.17) is 4.74 Å². The third-order valence-corrected chi connectivity index (χ3v) is 3.04. The Morgan fingerprint density at radius 2 is 2.15 bits per heavy atom. The average molecular weight is 185 g/mol. The van der Waals surface area contributed by atoms with Crippen molar-refractivity contribution in [1.82, 2.24) is 5.32 Å². The predicted molar refractivity (Wildman–Crippen MR) is 55.9 cm³/mol. The van der Waals surface area contributed by atoms with Crippen molar-refractivity contribution in [3.63, 3.8) is 0 Å². The highest BCUT2D eigenvalue weighted by Crippen LogP contribution is 2.24. The Kier molecular flexibility index (Phi) is 5.40. The van der Waals surface area contributed by atoms with Crippen LogP contribution in [0.5, 0.6) is 0 Å². The van der Waals surface area contributed by atoms with Crippen molar-refractivity contribution in [2.45, 2.75) is 45.1 Å². The Morgan fingerprint density at radius 1 is 1.31 bits per heavy atom. The molecule has 0 saturated heterocycles. The fraction of sp³-hybridized carbons (Fsp3) is 1.00. The van der Waals surface area contributed by atoms with Gasteiger partial charge in [0.25, 0.3) is 0 Å². The van der Waals surface area contributed by atoms with E-state index in [0.29, 0.717) is 0 Å². The number of methoxy groups -OCH3 is 1. The van der Waals surface area contributed by atoms with Crippen molar-refractivity contribution in [3.05, 3.63) is 0 Å². The lowest BCUT2D eigenvalue weighted by molar-refractivity contribution is 0.192. The predicted octanol–water partition coefficient (Wildman–Crippen LogP) is 2.19. The smallest absolute Gasteiger partial charge is 0.0462 e. The maximum atomic E-state index is 5.01. The van der Waals surface area contributed by atoms with Crippen molar-refractivity contribution in [2.24, 2.45) is 5.92 Å². The fourth-order valence-corrected chi connectivity index (χ4v) is 2.11. The number of unbranched alkanes of at least 4 members (excludes halogenated alkanes) is 1. The van der Waals surface area contributed by atoms with E-state index in [1.807, 2.05) is 0 Å². The van der Waals surface area contributed by atoms with E-state index in [0.717, 1.165) is 18.6 Å². The number of rotatable bonds is 6. The summed E-state index contributed by atoms with van der Waals surface area (Å²) >= 11 is 0. The molecule has 13 heavy (non-hydrogen) atoms. The van der Waals surface area contributed by atoms with Gasteiger partial charge in [0.2, 0.25) is 0 Å².